The number of hydrogen-bond acceptors (Lipinski definition) is 5. The van der Waals surface area contributed by atoms with Gasteiger partial charge in [-0.05, 0) is 26.0 Å². The first-order chi connectivity index (χ1) is 11.4. The van der Waals surface area contributed by atoms with Gasteiger partial charge in [0, 0.05) is 5.56 Å². The fraction of sp³-hybridized carbons (Fsp3) is 0.267. The van der Waals surface area contributed by atoms with Crippen LogP contribution in [0.1, 0.15) is 28.9 Å². The van der Waals surface area contributed by atoms with Gasteiger partial charge >= 0.3 is 11.9 Å². The highest BCUT2D eigenvalue weighted by Gasteiger charge is 2.19. The Hall–Kier alpha value is -2.97. The average Bonchev–Trinajstić information content (AvgIpc) is 2.90. The quantitative estimate of drug-likeness (QED) is 0.808. The molecule has 1 aromatic carbocycles. The van der Waals surface area contributed by atoms with Crippen LogP contribution >= 0.6 is 0 Å². The van der Waals surface area contributed by atoms with Crippen molar-refractivity contribution in [2.45, 2.75) is 20.3 Å². The molecule has 2 rings (SSSR count). The van der Waals surface area contributed by atoms with E-state index in [9.17, 15) is 18.4 Å². The molecule has 7 nitrogen and oxygen atoms in total. The maximum atomic E-state index is 13.4. The Bertz CT molecular complexity index is 741. The van der Waals surface area contributed by atoms with E-state index < -0.39 is 35.4 Å². The van der Waals surface area contributed by atoms with Gasteiger partial charge in [-0.2, -0.15) is 0 Å². The lowest BCUT2D eigenvalue weighted by Crippen LogP contribution is -2.42. The molecule has 0 unspecified atom stereocenters. The summed E-state index contributed by atoms with van der Waals surface area (Å²) in [4.78, 5) is 27.4. The number of carbonyl (C=O) groups excluding carboxylic acids is 2. The van der Waals surface area contributed by atoms with Gasteiger partial charge in [-0.15, -0.1) is 0 Å². The van der Waals surface area contributed by atoms with E-state index in [0.717, 1.165) is 12.1 Å². The number of benzene rings is 1. The zero-order valence-corrected chi connectivity index (χ0v) is 13.0. The van der Waals surface area contributed by atoms with Crippen LogP contribution in [0.5, 0.6) is 5.95 Å². The molecular formula is C15H15F2N3O4. The molecule has 0 aliphatic heterocycles. The van der Waals surface area contributed by atoms with Crippen molar-refractivity contribution in [2.24, 2.45) is 0 Å². The molecule has 2 aromatic rings. The van der Waals surface area contributed by atoms with E-state index in [4.69, 9.17) is 9.15 Å². The fourth-order valence-electron chi connectivity index (χ4n) is 1.83. The molecule has 0 bridgehead atoms. The summed E-state index contributed by atoms with van der Waals surface area (Å²) in [5.74, 6) is -3.54. The highest BCUT2D eigenvalue weighted by Crippen LogP contribution is 2.18. The molecule has 0 spiro atoms. The molecule has 0 atom stereocenters. The molecule has 0 saturated carbocycles. The molecular weight excluding hydrogens is 324 g/mol. The number of oxazole rings is 1. The SMILES string of the molecule is CCOc1oc(C(=O)NNC(=O)Cc2c(F)cccc2F)nc1C. The van der Waals surface area contributed by atoms with Crippen LogP contribution in [0, 0.1) is 18.6 Å². The van der Waals surface area contributed by atoms with Crippen LogP contribution in [-0.4, -0.2) is 23.4 Å². The van der Waals surface area contributed by atoms with E-state index in [-0.39, 0.29) is 11.8 Å². The molecule has 128 valence electrons. The molecule has 0 fully saturated rings. The Morgan fingerprint density at radius 1 is 1.25 bits per heavy atom. The molecule has 2 amide bonds. The number of rotatable bonds is 5. The van der Waals surface area contributed by atoms with Crippen molar-refractivity contribution in [1.29, 1.82) is 0 Å². The number of amides is 2. The predicted octanol–water partition coefficient (Wildman–Crippen LogP) is 1.66. The van der Waals surface area contributed by atoms with Crippen molar-refractivity contribution >= 4 is 11.8 Å². The lowest BCUT2D eigenvalue weighted by molar-refractivity contribution is -0.121. The van der Waals surface area contributed by atoms with Crippen molar-refractivity contribution < 1.29 is 27.5 Å². The first-order valence-electron chi connectivity index (χ1n) is 7.04. The second-order valence-electron chi connectivity index (χ2n) is 4.70. The lowest BCUT2D eigenvalue weighted by Gasteiger charge is -2.07. The second kappa shape index (κ2) is 7.53. The third-order valence-electron chi connectivity index (χ3n) is 2.94. The first-order valence-corrected chi connectivity index (χ1v) is 7.04. The zero-order valence-electron chi connectivity index (χ0n) is 13.0. The minimum Gasteiger partial charge on any atom is -0.464 e. The summed E-state index contributed by atoms with van der Waals surface area (Å²) in [5, 5.41) is 0. The largest absolute Gasteiger partial charge is 0.464 e. The number of aryl methyl sites for hydroxylation is 1. The molecule has 0 aliphatic rings. The Balaban J connectivity index is 1.94. The van der Waals surface area contributed by atoms with Gasteiger partial charge in [-0.25, -0.2) is 13.8 Å². The van der Waals surface area contributed by atoms with Gasteiger partial charge in [0.1, 0.15) is 17.3 Å². The van der Waals surface area contributed by atoms with Crippen LogP contribution in [0.4, 0.5) is 8.78 Å². The Morgan fingerprint density at radius 3 is 2.54 bits per heavy atom. The maximum absolute atomic E-state index is 13.4. The van der Waals surface area contributed by atoms with Crippen molar-refractivity contribution in [1.82, 2.24) is 15.8 Å². The van der Waals surface area contributed by atoms with E-state index in [2.05, 4.69) is 4.98 Å². The van der Waals surface area contributed by atoms with E-state index >= 15 is 0 Å². The molecule has 0 radical (unpaired) electrons. The number of nitrogens with one attached hydrogen (secondary N) is 2. The minimum absolute atomic E-state index is 0.0994. The second-order valence-corrected chi connectivity index (χ2v) is 4.70. The van der Waals surface area contributed by atoms with Gasteiger partial charge in [0.05, 0.1) is 13.0 Å². The number of carbonyl (C=O) groups is 2. The van der Waals surface area contributed by atoms with Gasteiger partial charge in [-0.1, -0.05) is 6.07 Å². The number of aromatic nitrogens is 1. The zero-order chi connectivity index (χ0) is 17.7. The number of hydrazine groups is 1. The van der Waals surface area contributed by atoms with Crippen molar-refractivity contribution in [3.63, 3.8) is 0 Å². The van der Waals surface area contributed by atoms with Gasteiger partial charge in [0.25, 0.3) is 5.89 Å². The monoisotopic (exact) mass is 339 g/mol. The van der Waals surface area contributed by atoms with Crippen LogP contribution < -0.4 is 15.6 Å². The van der Waals surface area contributed by atoms with Crippen LogP contribution in [0.2, 0.25) is 0 Å². The van der Waals surface area contributed by atoms with E-state index in [1.807, 2.05) is 10.9 Å². The summed E-state index contributed by atoms with van der Waals surface area (Å²) >= 11 is 0. The third-order valence-corrected chi connectivity index (χ3v) is 2.94. The molecule has 2 N–H and O–H groups in total. The summed E-state index contributed by atoms with van der Waals surface area (Å²) in [6.45, 7) is 3.66. The van der Waals surface area contributed by atoms with Crippen molar-refractivity contribution in [3.8, 4) is 5.95 Å². The van der Waals surface area contributed by atoms with E-state index in [1.54, 1.807) is 13.8 Å². The maximum Gasteiger partial charge on any atom is 0.325 e. The molecule has 24 heavy (non-hydrogen) atoms. The predicted molar refractivity (Wildman–Crippen MR) is 78.1 cm³/mol. The Kier molecular flexibility index (Phi) is 5.46. The Labute approximate surface area is 136 Å². The van der Waals surface area contributed by atoms with Gasteiger partial charge < -0.3 is 9.15 Å². The summed E-state index contributed by atoms with van der Waals surface area (Å²) in [6.07, 6.45) is -0.576. The lowest BCUT2D eigenvalue weighted by atomic mass is 10.1. The molecule has 1 aromatic heterocycles. The summed E-state index contributed by atoms with van der Waals surface area (Å²) in [6, 6.07) is 3.26. The number of ether oxygens (including phenoxy) is 1. The highest BCUT2D eigenvalue weighted by molar-refractivity contribution is 5.91. The molecule has 0 saturated heterocycles. The molecule has 0 aliphatic carbocycles. The first kappa shape index (κ1) is 17.4. The average molecular weight is 339 g/mol. The van der Waals surface area contributed by atoms with Crippen molar-refractivity contribution in [3.05, 3.63) is 47.0 Å². The number of nitrogens with zero attached hydrogens (tertiary/aromatic N) is 1. The smallest absolute Gasteiger partial charge is 0.325 e. The van der Waals surface area contributed by atoms with Gasteiger partial charge in [0.2, 0.25) is 5.91 Å². The van der Waals surface area contributed by atoms with E-state index in [0.29, 0.717) is 12.3 Å². The molecule has 1 heterocycles. The van der Waals surface area contributed by atoms with Crippen LogP contribution in [-0.2, 0) is 11.2 Å². The number of hydrogen-bond donors (Lipinski definition) is 2. The minimum atomic E-state index is -0.846. The van der Waals surface area contributed by atoms with Crippen molar-refractivity contribution in [2.75, 3.05) is 6.61 Å². The van der Waals surface area contributed by atoms with Gasteiger partial charge in [0.15, 0.2) is 0 Å². The summed E-state index contributed by atoms with van der Waals surface area (Å²) < 4.78 is 37.1. The molecule has 9 heteroatoms. The van der Waals surface area contributed by atoms with Gasteiger partial charge in [-0.3, -0.25) is 20.4 Å². The summed E-state index contributed by atoms with van der Waals surface area (Å²) in [7, 11) is 0. The summed E-state index contributed by atoms with van der Waals surface area (Å²) in [5.41, 5.74) is 4.06. The highest BCUT2D eigenvalue weighted by atomic mass is 19.1. The third kappa shape index (κ3) is 4.06. The normalized spacial score (nSPS) is 10.3. The topological polar surface area (TPSA) is 93.5 Å². The fourth-order valence-corrected chi connectivity index (χ4v) is 1.83. The standard InChI is InChI=1S/C15H15F2N3O4/c1-3-23-15-8(2)18-14(24-15)13(22)20-19-12(21)7-9-10(16)5-4-6-11(9)17/h4-6H,3,7H2,1-2H3,(H,19,21)(H,20,22). The number of halogens is 2. The van der Waals surface area contributed by atoms with Crippen LogP contribution in [0.3, 0.4) is 0 Å². The van der Waals surface area contributed by atoms with Crippen LogP contribution in [0.15, 0.2) is 22.6 Å². The van der Waals surface area contributed by atoms with E-state index in [1.165, 1.54) is 6.07 Å². The van der Waals surface area contributed by atoms with Crippen LogP contribution in [0.25, 0.3) is 0 Å². The Morgan fingerprint density at radius 2 is 1.92 bits per heavy atom.